The van der Waals surface area contributed by atoms with Crippen LogP contribution >= 0.6 is 15.2 Å². The Morgan fingerprint density at radius 1 is 0.676 bits per heavy atom. The number of rotatable bonds is 8. The smallest absolute Gasteiger partial charge is 0.778 e. The van der Waals surface area contributed by atoms with Crippen LogP contribution in [0.15, 0.2) is 48.5 Å². The number of phenols is 2. The molecule has 0 aliphatic heterocycles. The van der Waals surface area contributed by atoms with Crippen LogP contribution in [-0.2, 0) is 18.2 Å². The molecule has 2 aromatic rings. The van der Waals surface area contributed by atoms with E-state index in [4.69, 9.17) is 9.05 Å². The summed E-state index contributed by atoms with van der Waals surface area (Å²) in [5, 5.41) is 18.5. The third-order valence-electron chi connectivity index (χ3n) is 5.31. The quantitative estimate of drug-likeness (QED) is 0.296. The van der Waals surface area contributed by atoms with E-state index >= 15 is 0 Å². The summed E-state index contributed by atoms with van der Waals surface area (Å²) in [5.74, 6) is 0.229. The van der Waals surface area contributed by atoms with Crippen molar-refractivity contribution in [3.8, 4) is 11.5 Å². The first kappa shape index (κ1) is 36.6. The molecular formula is C26H40CaO8P2. The standard InChI is InChI=1S/2C13H21O4P.Ca/c2*1-5-17-18(15,16)12(13(2,3)4)10-6-8-11(14)9-7-10;/h2*6-9,12,14H,5H2,1-4H3,(H,15,16);/q;;+2/p-2. The molecule has 4 atom stereocenters. The summed E-state index contributed by atoms with van der Waals surface area (Å²) >= 11 is 0. The van der Waals surface area contributed by atoms with Crippen LogP contribution in [0, 0.1) is 10.8 Å². The van der Waals surface area contributed by atoms with E-state index in [9.17, 15) is 29.1 Å². The molecule has 2 rings (SSSR count). The third kappa shape index (κ3) is 11.3. The molecule has 0 spiro atoms. The molecule has 37 heavy (non-hydrogen) atoms. The molecule has 0 bridgehead atoms. The van der Waals surface area contributed by atoms with Crippen LogP contribution in [0.2, 0.25) is 0 Å². The summed E-state index contributed by atoms with van der Waals surface area (Å²) in [4.78, 5) is 24.4. The van der Waals surface area contributed by atoms with E-state index < -0.39 is 37.3 Å². The molecule has 0 amide bonds. The van der Waals surface area contributed by atoms with Crippen LogP contribution in [0.5, 0.6) is 11.5 Å². The van der Waals surface area contributed by atoms with Crippen LogP contribution in [0.1, 0.15) is 77.8 Å². The Labute approximate surface area is 251 Å². The fraction of sp³-hybridized carbons (Fsp3) is 0.538. The van der Waals surface area contributed by atoms with E-state index in [2.05, 4.69) is 0 Å². The zero-order chi connectivity index (χ0) is 27.9. The Kier molecular flexibility index (Phi) is 14.7. The van der Waals surface area contributed by atoms with Crippen molar-refractivity contribution in [2.45, 2.75) is 66.7 Å². The van der Waals surface area contributed by atoms with E-state index in [-0.39, 0.29) is 62.5 Å². The Balaban J connectivity index is 0.000000682. The molecule has 0 radical (unpaired) electrons. The molecule has 0 saturated carbocycles. The summed E-state index contributed by atoms with van der Waals surface area (Å²) in [6.07, 6.45) is 0. The number of hydrogen-bond acceptors (Lipinski definition) is 8. The first-order valence-corrected chi connectivity index (χ1v) is 15.1. The number of aromatic hydroxyl groups is 2. The molecular weight excluding hydrogens is 542 g/mol. The van der Waals surface area contributed by atoms with Gasteiger partial charge < -0.3 is 38.2 Å². The summed E-state index contributed by atoms with van der Waals surface area (Å²) in [7, 11) is -7.99. The van der Waals surface area contributed by atoms with Crippen molar-refractivity contribution in [2.75, 3.05) is 13.2 Å². The first-order valence-electron chi connectivity index (χ1n) is 11.8. The van der Waals surface area contributed by atoms with E-state index in [1.165, 1.54) is 24.3 Å². The SMILES string of the molecule is CCOP(=O)([O-])C(c1ccc(O)cc1)C(C)(C)C.CCOP(=O)([O-])C(c1ccc(O)cc1)C(C)(C)C.[Ca+2]. The topological polar surface area (TPSA) is 139 Å². The van der Waals surface area contributed by atoms with Crippen molar-refractivity contribution in [3.63, 3.8) is 0 Å². The zero-order valence-electron chi connectivity index (χ0n) is 23.1. The maximum absolute atomic E-state index is 12.2. The van der Waals surface area contributed by atoms with E-state index in [1.54, 1.807) is 38.1 Å². The van der Waals surface area contributed by atoms with Gasteiger partial charge in [0.05, 0.1) is 24.5 Å². The third-order valence-corrected chi connectivity index (χ3v) is 9.96. The molecule has 0 aromatic heterocycles. The van der Waals surface area contributed by atoms with Gasteiger partial charge in [-0.3, -0.25) is 0 Å². The Hall–Kier alpha value is -0.400. The molecule has 0 heterocycles. The van der Waals surface area contributed by atoms with Gasteiger partial charge in [-0.05, 0) is 60.1 Å². The van der Waals surface area contributed by atoms with Gasteiger partial charge in [0.25, 0.3) is 0 Å². The number of phenolic OH excluding ortho intramolecular Hbond substituents is 2. The van der Waals surface area contributed by atoms with Gasteiger partial charge in [0, 0.05) is 0 Å². The van der Waals surface area contributed by atoms with Gasteiger partial charge in [0.2, 0.25) is 0 Å². The molecule has 4 unspecified atom stereocenters. The molecule has 204 valence electrons. The normalized spacial score (nSPS) is 16.7. The second kappa shape index (κ2) is 14.8. The van der Waals surface area contributed by atoms with Crippen molar-refractivity contribution in [2.24, 2.45) is 10.8 Å². The predicted octanol–water partition coefficient (Wildman–Crippen LogP) is 5.76. The van der Waals surface area contributed by atoms with Crippen molar-refractivity contribution < 1.29 is 38.2 Å². The average Bonchev–Trinajstić information content (AvgIpc) is 2.69. The number of hydrogen-bond donors (Lipinski definition) is 2. The van der Waals surface area contributed by atoms with Crippen LogP contribution in [0.25, 0.3) is 0 Å². The molecule has 11 heteroatoms. The molecule has 0 fully saturated rings. The molecule has 8 nitrogen and oxygen atoms in total. The molecule has 0 aliphatic rings. The van der Waals surface area contributed by atoms with Gasteiger partial charge in [-0.1, -0.05) is 65.8 Å². The monoisotopic (exact) mass is 582 g/mol. The second-order valence-electron chi connectivity index (χ2n) is 10.6. The van der Waals surface area contributed by atoms with Crippen LogP contribution in [-0.4, -0.2) is 61.2 Å². The van der Waals surface area contributed by atoms with Gasteiger partial charge in [-0.15, -0.1) is 0 Å². The van der Waals surface area contributed by atoms with E-state index in [1.807, 2.05) is 41.5 Å². The Bertz CT molecular complexity index is 959. The maximum atomic E-state index is 12.2. The van der Waals surface area contributed by atoms with Crippen molar-refractivity contribution in [1.82, 2.24) is 0 Å². The molecule has 2 N–H and O–H groups in total. The minimum atomic E-state index is -3.99. The summed E-state index contributed by atoms with van der Waals surface area (Å²) in [6.45, 7) is 14.7. The van der Waals surface area contributed by atoms with Crippen LogP contribution < -0.4 is 9.79 Å². The Morgan fingerprint density at radius 2 is 0.919 bits per heavy atom. The van der Waals surface area contributed by atoms with Gasteiger partial charge in [0.15, 0.2) is 0 Å². The molecule has 0 saturated heterocycles. The first-order chi connectivity index (χ1) is 16.4. The molecule has 2 aromatic carbocycles. The summed E-state index contributed by atoms with van der Waals surface area (Å²) < 4.78 is 34.3. The van der Waals surface area contributed by atoms with Crippen LogP contribution in [0.3, 0.4) is 0 Å². The fourth-order valence-corrected chi connectivity index (χ4v) is 8.13. The zero-order valence-corrected chi connectivity index (χ0v) is 27.1. The average molecular weight is 583 g/mol. The number of benzene rings is 2. The van der Waals surface area contributed by atoms with Crippen molar-refractivity contribution in [3.05, 3.63) is 59.7 Å². The van der Waals surface area contributed by atoms with Crippen molar-refractivity contribution >= 4 is 52.9 Å². The van der Waals surface area contributed by atoms with Gasteiger partial charge in [-0.25, -0.2) is 0 Å². The van der Waals surface area contributed by atoms with E-state index in [0.29, 0.717) is 11.1 Å². The van der Waals surface area contributed by atoms with Gasteiger partial charge in [-0.2, -0.15) is 0 Å². The summed E-state index contributed by atoms with van der Waals surface area (Å²) in [5.41, 5.74) is -1.16. The van der Waals surface area contributed by atoms with Gasteiger partial charge in [0.1, 0.15) is 26.7 Å². The second-order valence-corrected chi connectivity index (χ2v) is 14.3. The summed E-state index contributed by atoms with van der Waals surface area (Å²) in [6, 6.07) is 12.4. The maximum Gasteiger partial charge on any atom is 2.00 e. The minimum Gasteiger partial charge on any atom is -0.778 e. The van der Waals surface area contributed by atoms with E-state index in [0.717, 1.165) is 0 Å². The predicted molar refractivity (Wildman–Crippen MR) is 145 cm³/mol. The fourth-order valence-electron chi connectivity index (χ4n) is 4.14. The Morgan fingerprint density at radius 3 is 1.11 bits per heavy atom. The van der Waals surface area contributed by atoms with Crippen LogP contribution in [0.4, 0.5) is 0 Å². The van der Waals surface area contributed by atoms with Gasteiger partial charge >= 0.3 is 37.7 Å². The largest absolute Gasteiger partial charge is 2.00 e. The van der Waals surface area contributed by atoms with Crippen molar-refractivity contribution in [1.29, 1.82) is 0 Å². The minimum absolute atomic E-state index is 0. The molecule has 0 aliphatic carbocycles.